The topological polar surface area (TPSA) is 103 Å². The molecule has 204 valence electrons. The van der Waals surface area contributed by atoms with Crippen molar-refractivity contribution in [1.82, 2.24) is 5.32 Å². The van der Waals surface area contributed by atoms with Gasteiger partial charge in [0, 0.05) is 22.6 Å². The van der Waals surface area contributed by atoms with Crippen LogP contribution in [0.25, 0.3) is 11.6 Å². The molecule has 0 spiro atoms. The third-order valence-electron chi connectivity index (χ3n) is 6.24. The van der Waals surface area contributed by atoms with Crippen LogP contribution in [0.15, 0.2) is 95.9 Å². The summed E-state index contributed by atoms with van der Waals surface area (Å²) >= 11 is 1.66. The van der Waals surface area contributed by atoms with Gasteiger partial charge in [-0.3, -0.25) is 9.59 Å². The Morgan fingerprint density at radius 3 is 2.17 bits per heavy atom. The average Bonchev–Trinajstić information content (AvgIpc) is 3.00. The fourth-order valence-electron chi connectivity index (χ4n) is 4.01. The maximum atomic E-state index is 13.5. The first kappa shape index (κ1) is 28.3. The largest absolute Gasteiger partial charge is 0.493 e. The van der Waals surface area contributed by atoms with E-state index in [1.807, 2.05) is 60.9 Å². The maximum absolute atomic E-state index is 13.5. The van der Waals surface area contributed by atoms with Crippen LogP contribution in [0.2, 0.25) is 0 Å². The summed E-state index contributed by atoms with van der Waals surface area (Å²) in [5, 5.41) is 5.82. The van der Waals surface area contributed by atoms with Crippen molar-refractivity contribution >= 4 is 46.6 Å². The zero-order valence-electron chi connectivity index (χ0n) is 22.6. The third kappa shape index (κ3) is 7.03. The van der Waals surface area contributed by atoms with Crippen LogP contribution in [-0.2, 0) is 11.3 Å². The van der Waals surface area contributed by atoms with Crippen LogP contribution < -0.4 is 25.8 Å². The van der Waals surface area contributed by atoms with Gasteiger partial charge in [0.05, 0.1) is 25.6 Å². The van der Waals surface area contributed by atoms with Gasteiger partial charge in [-0.05, 0) is 77.6 Å². The van der Waals surface area contributed by atoms with Crippen molar-refractivity contribution in [2.75, 3.05) is 31.5 Å². The minimum absolute atomic E-state index is 0.248. The summed E-state index contributed by atoms with van der Waals surface area (Å²) in [6.45, 7) is 0.280. The van der Waals surface area contributed by atoms with E-state index in [1.165, 1.54) is 0 Å². The number of hydrogen-bond donors (Lipinski definition) is 3. The molecule has 0 aliphatic carbocycles. The highest BCUT2D eigenvalue weighted by Gasteiger charge is 2.16. The number of hydrogen-bond acceptors (Lipinski definition) is 6. The highest BCUT2D eigenvalue weighted by Crippen LogP contribution is 2.31. The lowest BCUT2D eigenvalue weighted by Crippen LogP contribution is -2.24. The Balaban J connectivity index is 1.51. The predicted molar refractivity (Wildman–Crippen MR) is 163 cm³/mol. The van der Waals surface area contributed by atoms with E-state index in [1.54, 1.807) is 68.4 Å². The molecule has 8 heteroatoms. The van der Waals surface area contributed by atoms with Crippen LogP contribution in [0.4, 0.5) is 11.4 Å². The van der Waals surface area contributed by atoms with E-state index in [0.29, 0.717) is 39.6 Å². The lowest BCUT2D eigenvalue weighted by molar-refractivity contribution is -0.115. The number of rotatable bonds is 10. The Morgan fingerprint density at radius 1 is 0.850 bits per heavy atom. The standard InChI is InChI=1S/C32H31N3O4S/c1-38-29-17-14-24(19-30(29)39-2)26(18-21-10-15-25(40-3)16-11-21)32(37)34-20-22-8-12-23(13-9-22)31(36)35-28-7-5-4-6-27(28)33/h4-19H,20,33H2,1-3H3,(H,34,37)(H,35,36). The fourth-order valence-corrected chi connectivity index (χ4v) is 4.42. The molecule has 40 heavy (non-hydrogen) atoms. The molecule has 0 heterocycles. The third-order valence-corrected chi connectivity index (χ3v) is 6.99. The normalized spacial score (nSPS) is 11.0. The molecule has 2 amide bonds. The highest BCUT2D eigenvalue weighted by atomic mass is 32.2. The number of amides is 2. The second-order valence-electron chi connectivity index (χ2n) is 8.82. The van der Waals surface area contributed by atoms with E-state index in [9.17, 15) is 9.59 Å². The molecule has 0 aromatic heterocycles. The van der Waals surface area contributed by atoms with E-state index >= 15 is 0 Å². The van der Waals surface area contributed by atoms with Gasteiger partial charge in [0.1, 0.15) is 0 Å². The molecule has 0 atom stereocenters. The molecule has 0 fully saturated rings. The maximum Gasteiger partial charge on any atom is 0.255 e. The van der Waals surface area contributed by atoms with Gasteiger partial charge < -0.3 is 25.8 Å². The Labute approximate surface area is 238 Å². The number of para-hydroxylation sites is 2. The van der Waals surface area contributed by atoms with Gasteiger partial charge in [0.15, 0.2) is 11.5 Å². The second kappa shape index (κ2) is 13.4. The summed E-state index contributed by atoms with van der Waals surface area (Å²) in [4.78, 5) is 27.3. The second-order valence-corrected chi connectivity index (χ2v) is 9.70. The van der Waals surface area contributed by atoms with Crippen molar-refractivity contribution < 1.29 is 19.1 Å². The van der Waals surface area contributed by atoms with Crippen molar-refractivity contribution in [3.8, 4) is 11.5 Å². The Hall–Kier alpha value is -4.69. The van der Waals surface area contributed by atoms with Gasteiger partial charge in [0.2, 0.25) is 0 Å². The Morgan fingerprint density at radius 2 is 1.52 bits per heavy atom. The molecule has 4 N–H and O–H groups in total. The first-order valence-corrected chi connectivity index (χ1v) is 13.8. The number of carbonyl (C=O) groups excluding carboxylic acids is 2. The van der Waals surface area contributed by atoms with Gasteiger partial charge in [-0.1, -0.05) is 42.5 Å². The molecule has 4 rings (SSSR count). The molecule has 0 radical (unpaired) electrons. The van der Waals surface area contributed by atoms with Crippen LogP contribution in [0.3, 0.4) is 0 Å². The first-order chi connectivity index (χ1) is 19.4. The molecular weight excluding hydrogens is 522 g/mol. The number of nitrogens with one attached hydrogen (secondary N) is 2. The lowest BCUT2D eigenvalue weighted by Gasteiger charge is -2.13. The van der Waals surface area contributed by atoms with Crippen molar-refractivity contribution in [3.63, 3.8) is 0 Å². The van der Waals surface area contributed by atoms with E-state index in [0.717, 1.165) is 16.0 Å². The number of nitrogens with two attached hydrogens (primary N) is 1. The molecule has 4 aromatic carbocycles. The number of methoxy groups -OCH3 is 2. The summed E-state index contributed by atoms with van der Waals surface area (Å²) in [5.74, 6) is 0.596. The number of thioether (sulfide) groups is 1. The monoisotopic (exact) mass is 553 g/mol. The number of benzene rings is 4. The number of nitrogen functional groups attached to an aromatic ring is 1. The molecule has 0 bridgehead atoms. The van der Waals surface area contributed by atoms with Gasteiger partial charge in [-0.2, -0.15) is 0 Å². The minimum Gasteiger partial charge on any atom is -0.493 e. The minimum atomic E-state index is -0.264. The fraction of sp³-hybridized carbons (Fsp3) is 0.125. The smallest absolute Gasteiger partial charge is 0.255 e. The van der Waals surface area contributed by atoms with Gasteiger partial charge in [0.25, 0.3) is 11.8 Å². The number of ether oxygens (including phenoxy) is 2. The molecule has 0 aliphatic rings. The van der Waals surface area contributed by atoms with Crippen LogP contribution >= 0.6 is 11.8 Å². The molecule has 4 aromatic rings. The summed E-state index contributed by atoms with van der Waals surface area (Å²) in [7, 11) is 3.13. The van der Waals surface area contributed by atoms with E-state index < -0.39 is 0 Å². The lowest BCUT2D eigenvalue weighted by atomic mass is 10.0. The predicted octanol–water partition coefficient (Wildman–Crippen LogP) is 6.12. The number of carbonyl (C=O) groups is 2. The summed E-state index contributed by atoms with van der Waals surface area (Å²) in [6.07, 6.45) is 3.87. The average molecular weight is 554 g/mol. The van der Waals surface area contributed by atoms with Gasteiger partial charge in [-0.25, -0.2) is 0 Å². The molecule has 0 unspecified atom stereocenters. The van der Waals surface area contributed by atoms with E-state index in [4.69, 9.17) is 15.2 Å². The summed E-state index contributed by atoms with van der Waals surface area (Å²) < 4.78 is 10.8. The van der Waals surface area contributed by atoms with Crippen molar-refractivity contribution in [2.24, 2.45) is 0 Å². The summed E-state index contributed by atoms with van der Waals surface area (Å²) in [6, 6.07) is 27.5. The van der Waals surface area contributed by atoms with Crippen molar-refractivity contribution in [1.29, 1.82) is 0 Å². The van der Waals surface area contributed by atoms with E-state index in [-0.39, 0.29) is 18.4 Å². The van der Waals surface area contributed by atoms with Crippen LogP contribution in [0, 0.1) is 0 Å². The SMILES string of the molecule is COc1ccc(C(=Cc2ccc(SC)cc2)C(=O)NCc2ccc(C(=O)Nc3ccccc3N)cc2)cc1OC. The van der Waals surface area contributed by atoms with Crippen LogP contribution in [0.5, 0.6) is 11.5 Å². The van der Waals surface area contributed by atoms with E-state index in [2.05, 4.69) is 10.6 Å². The van der Waals surface area contributed by atoms with Crippen molar-refractivity contribution in [3.05, 3.63) is 113 Å². The zero-order chi connectivity index (χ0) is 28.5. The summed E-state index contributed by atoms with van der Waals surface area (Å²) in [5.41, 5.74) is 10.4. The molecular formula is C32H31N3O4S. The van der Waals surface area contributed by atoms with Gasteiger partial charge in [-0.15, -0.1) is 11.8 Å². The first-order valence-electron chi connectivity index (χ1n) is 12.5. The van der Waals surface area contributed by atoms with Gasteiger partial charge >= 0.3 is 0 Å². The Bertz CT molecular complexity index is 1520. The van der Waals surface area contributed by atoms with Crippen LogP contribution in [0.1, 0.15) is 27.0 Å². The molecule has 7 nitrogen and oxygen atoms in total. The van der Waals surface area contributed by atoms with Crippen LogP contribution in [-0.4, -0.2) is 32.3 Å². The van der Waals surface area contributed by atoms with Crippen molar-refractivity contribution in [2.45, 2.75) is 11.4 Å². The number of anilines is 2. The molecule has 0 saturated heterocycles. The quantitative estimate of drug-likeness (QED) is 0.0947. The zero-order valence-corrected chi connectivity index (χ0v) is 23.4. The molecule has 0 saturated carbocycles. The Kier molecular flexibility index (Phi) is 9.48. The molecule has 0 aliphatic heterocycles. The highest BCUT2D eigenvalue weighted by molar-refractivity contribution is 7.98.